The SMILES string of the molecule is CC1=C(C)[C]([Ti+3])(C(c2cccc(C)c2)(c2cccc(C)c2)c2cccc(C)c2)C(C)=C1C.[Cl-].[Cl-].[Cl-]. The fourth-order valence-electron chi connectivity index (χ4n) is 5.75. The summed E-state index contributed by atoms with van der Waals surface area (Å²) in [6.45, 7) is 15.9. The summed E-state index contributed by atoms with van der Waals surface area (Å²) < 4.78 is -0.184. The molecule has 4 rings (SSSR count). The molecule has 0 radical (unpaired) electrons. The number of aryl methyl sites for hydroxylation is 3. The van der Waals surface area contributed by atoms with E-state index in [0.29, 0.717) is 0 Å². The number of benzene rings is 3. The van der Waals surface area contributed by atoms with Crippen LogP contribution in [0.25, 0.3) is 0 Å². The maximum atomic E-state index is 2.48. The Kier molecular flexibility index (Phi) is 10.7. The first-order chi connectivity index (χ1) is 15.1. The van der Waals surface area contributed by atoms with Crippen molar-refractivity contribution >= 4 is 0 Å². The molecule has 0 nitrogen and oxygen atoms in total. The topological polar surface area (TPSA) is 0 Å². The summed E-state index contributed by atoms with van der Waals surface area (Å²) in [4.78, 5) is 0. The summed E-state index contributed by atoms with van der Waals surface area (Å²) in [5.41, 5.74) is 13.4. The quantitative estimate of drug-likeness (QED) is 0.295. The number of hydrogen-bond acceptors (Lipinski definition) is 0. The van der Waals surface area contributed by atoms with Crippen LogP contribution in [0.4, 0.5) is 0 Å². The van der Waals surface area contributed by atoms with Crippen molar-refractivity contribution in [2.24, 2.45) is 0 Å². The fourth-order valence-corrected chi connectivity index (χ4v) is 7.01. The first-order valence-corrected chi connectivity index (χ1v) is 12.2. The van der Waals surface area contributed by atoms with Gasteiger partial charge in [0.1, 0.15) is 0 Å². The molecule has 4 heteroatoms. The van der Waals surface area contributed by atoms with Gasteiger partial charge in [-0.1, -0.05) is 0 Å². The van der Waals surface area contributed by atoms with E-state index in [4.69, 9.17) is 0 Å². The molecule has 3 aromatic carbocycles. The van der Waals surface area contributed by atoms with Gasteiger partial charge in [-0.15, -0.1) is 0 Å². The van der Waals surface area contributed by atoms with Gasteiger partial charge >= 0.3 is 207 Å². The Labute approximate surface area is 242 Å². The summed E-state index contributed by atoms with van der Waals surface area (Å²) in [6, 6.07) is 27.5. The van der Waals surface area contributed by atoms with Crippen LogP contribution in [-0.2, 0) is 25.9 Å². The fraction of sp³-hybridized carbons (Fsp3) is 0.290. The van der Waals surface area contributed by atoms with Crippen molar-refractivity contribution in [2.45, 2.75) is 57.6 Å². The first-order valence-electron chi connectivity index (χ1n) is 11.5. The van der Waals surface area contributed by atoms with Crippen LogP contribution < -0.4 is 37.2 Å². The maximum Gasteiger partial charge on any atom is -1.00 e. The van der Waals surface area contributed by atoms with Gasteiger partial charge < -0.3 is 37.2 Å². The number of allylic oxidation sites excluding steroid dienone is 4. The molecular formula is C31H33Cl3Ti. The van der Waals surface area contributed by atoms with E-state index in [-0.39, 0.29) is 46.4 Å². The van der Waals surface area contributed by atoms with Crippen molar-refractivity contribution in [3.63, 3.8) is 0 Å². The second kappa shape index (κ2) is 11.8. The molecule has 0 N–H and O–H groups in total. The number of rotatable bonds is 4. The predicted octanol–water partition coefficient (Wildman–Crippen LogP) is -0.650. The molecular weight excluding hydrogens is 527 g/mol. The minimum absolute atomic E-state index is 0. The molecule has 0 heterocycles. The first kappa shape index (κ1) is 31.8. The van der Waals surface area contributed by atoms with Gasteiger partial charge in [0.15, 0.2) is 0 Å². The number of halogens is 3. The predicted molar refractivity (Wildman–Crippen MR) is 133 cm³/mol. The van der Waals surface area contributed by atoms with Gasteiger partial charge in [0.25, 0.3) is 0 Å². The van der Waals surface area contributed by atoms with E-state index in [1.54, 1.807) is 0 Å². The Balaban J connectivity index is 0.00000204. The molecule has 0 bridgehead atoms. The molecule has 0 saturated carbocycles. The molecule has 0 aromatic heterocycles. The van der Waals surface area contributed by atoms with Gasteiger partial charge in [0.05, 0.1) is 0 Å². The van der Waals surface area contributed by atoms with Gasteiger partial charge in [-0.2, -0.15) is 0 Å². The second-order valence-electron chi connectivity index (χ2n) is 9.61. The Bertz CT molecular complexity index is 1130. The van der Waals surface area contributed by atoms with Crippen LogP contribution in [0.5, 0.6) is 0 Å². The van der Waals surface area contributed by atoms with Gasteiger partial charge in [-0.05, 0) is 0 Å². The maximum absolute atomic E-state index is 2.48. The smallest absolute Gasteiger partial charge is 1.00 e. The Hall–Kier alpha value is -1.28. The Morgan fingerprint density at radius 3 is 1.06 bits per heavy atom. The summed E-state index contributed by atoms with van der Waals surface area (Å²) in [7, 11) is 0. The zero-order valence-electron chi connectivity index (χ0n) is 21.6. The average molecular weight is 560 g/mol. The molecule has 0 aliphatic heterocycles. The van der Waals surface area contributed by atoms with Crippen LogP contribution in [0.3, 0.4) is 0 Å². The van der Waals surface area contributed by atoms with Gasteiger partial charge in [-0.25, -0.2) is 0 Å². The van der Waals surface area contributed by atoms with Crippen LogP contribution in [-0.4, -0.2) is 0 Å². The third-order valence-electron chi connectivity index (χ3n) is 7.73. The van der Waals surface area contributed by atoms with Gasteiger partial charge in [0, 0.05) is 0 Å². The summed E-state index contributed by atoms with van der Waals surface area (Å²) in [6.07, 6.45) is 0. The molecule has 0 atom stereocenters. The molecule has 3 aromatic rings. The van der Waals surface area contributed by atoms with Crippen LogP contribution >= 0.6 is 0 Å². The zero-order chi connectivity index (χ0) is 23.3. The van der Waals surface area contributed by atoms with E-state index in [1.165, 1.54) is 55.7 Å². The van der Waals surface area contributed by atoms with Crippen molar-refractivity contribution in [3.8, 4) is 0 Å². The molecule has 1 aliphatic carbocycles. The molecule has 1 aliphatic rings. The van der Waals surface area contributed by atoms with E-state index >= 15 is 0 Å². The molecule has 0 fully saturated rings. The number of hydrogen-bond donors (Lipinski definition) is 0. The molecule has 0 saturated heterocycles. The van der Waals surface area contributed by atoms with Crippen LogP contribution in [0.1, 0.15) is 61.1 Å². The van der Waals surface area contributed by atoms with Crippen LogP contribution in [0.2, 0.25) is 3.72 Å². The van der Waals surface area contributed by atoms with Crippen molar-refractivity contribution in [3.05, 3.63) is 128 Å². The van der Waals surface area contributed by atoms with E-state index < -0.39 is 0 Å². The normalized spacial score (nSPS) is 14.8. The molecule has 0 unspecified atom stereocenters. The average Bonchev–Trinajstić information content (AvgIpc) is 2.91. The van der Waals surface area contributed by atoms with Gasteiger partial charge in [0.2, 0.25) is 0 Å². The molecule has 35 heavy (non-hydrogen) atoms. The van der Waals surface area contributed by atoms with E-state index in [2.05, 4.69) is 142 Å². The largest absolute Gasteiger partial charge is 1.00 e. The summed E-state index contributed by atoms with van der Waals surface area (Å²) in [5.74, 6) is 0. The van der Waals surface area contributed by atoms with Crippen molar-refractivity contribution in [1.82, 2.24) is 0 Å². The van der Waals surface area contributed by atoms with E-state index in [9.17, 15) is 0 Å². The molecule has 0 amide bonds. The zero-order valence-corrected chi connectivity index (χ0v) is 25.4. The minimum Gasteiger partial charge on any atom is -1.00 e. The Morgan fingerprint density at radius 1 is 0.514 bits per heavy atom. The van der Waals surface area contributed by atoms with Crippen molar-refractivity contribution in [2.75, 3.05) is 0 Å². The standard InChI is InChI=1S/C31H33.3ClH.Ti/c1-20-11-8-14-27(17-20)31(28-15-9-12-21(2)18-28,29-16-10-13-22(3)19-29)30-25(6)23(4)24(5)26(30)7;;;;/h8-19H,1-7H3;3*1H;/q;;;;+3/p-3. The van der Waals surface area contributed by atoms with Gasteiger partial charge in [-0.3, -0.25) is 0 Å². The van der Waals surface area contributed by atoms with Crippen molar-refractivity contribution in [1.29, 1.82) is 0 Å². The summed E-state index contributed by atoms with van der Waals surface area (Å²) >= 11 is 2.48. The minimum atomic E-state index is -0.343. The van der Waals surface area contributed by atoms with Crippen LogP contribution in [0.15, 0.2) is 95.1 Å². The van der Waals surface area contributed by atoms with Crippen LogP contribution in [0, 0.1) is 20.8 Å². The second-order valence-corrected chi connectivity index (χ2v) is 10.8. The molecule has 182 valence electrons. The van der Waals surface area contributed by atoms with E-state index in [1.807, 2.05) is 0 Å². The molecule has 0 spiro atoms. The Morgan fingerprint density at radius 2 is 0.800 bits per heavy atom. The monoisotopic (exact) mass is 558 g/mol. The van der Waals surface area contributed by atoms with E-state index in [0.717, 1.165) is 0 Å². The van der Waals surface area contributed by atoms with Crippen molar-refractivity contribution < 1.29 is 57.7 Å². The third-order valence-corrected chi connectivity index (χ3v) is 9.49. The third kappa shape index (κ3) is 4.86. The summed E-state index contributed by atoms with van der Waals surface area (Å²) in [5, 5.41) is 0.